The van der Waals surface area contributed by atoms with Gasteiger partial charge in [0.05, 0.1) is 7.11 Å². The van der Waals surface area contributed by atoms with Crippen LogP contribution in [0, 0.1) is 11.3 Å². The molecule has 1 fully saturated rings. The van der Waals surface area contributed by atoms with E-state index in [2.05, 4.69) is 10.6 Å². The summed E-state index contributed by atoms with van der Waals surface area (Å²) in [4.78, 5) is 12.6. The fourth-order valence-corrected chi connectivity index (χ4v) is 4.01. The van der Waals surface area contributed by atoms with E-state index in [-0.39, 0.29) is 17.5 Å². The molecule has 5 heteroatoms. The molecule has 1 aliphatic rings. The maximum Gasteiger partial charge on any atom is 0.263 e. The number of rotatable bonds is 7. The van der Waals surface area contributed by atoms with Crippen LogP contribution in [0.2, 0.25) is 0 Å². The first-order chi connectivity index (χ1) is 14.7. The number of benzene rings is 1. The van der Waals surface area contributed by atoms with Crippen LogP contribution >= 0.6 is 0 Å². The smallest absolute Gasteiger partial charge is 0.263 e. The highest BCUT2D eigenvalue weighted by Gasteiger charge is 2.16. The third-order valence-electron chi connectivity index (χ3n) is 5.78. The highest BCUT2D eigenvalue weighted by atomic mass is 16.5. The zero-order valence-corrected chi connectivity index (χ0v) is 18.4. The summed E-state index contributed by atoms with van der Waals surface area (Å²) in [6.45, 7) is 0.627. The molecule has 0 aromatic heterocycles. The zero-order chi connectivity index (χ0) is 21.4. The molecule has 1 aromatic rings. The van der Waals surface area contributed by atoms with E-state index >= 15 is 0 Å². The second-order valence-electron chi connectivity index (χ2n) is 8.12. The van der Waals surface area contributed by atoms with Crippen molar-refractivity contribution in [2.45, 2.75) is 83.1 Å². The van der Waals surface area contributed by atoms with Crippen molar-refractivity contribution in [2.24, 2.45) is 0 Å². The Labute approximate surface area is 181 Å². The van der Waals surface area contributed by atoms with E-state index in [9.17, 15) is 10.1 Å². The predicted octanol–water partition coefficient (Wildman–Crippen LogP) is 5.02. The van der Waals surface area contributed by atoms with Gasteiger partial charge in [0, 0.05) is 18.8 Å². The Bertz CT molecular complexity index is 697. The highest BCUT2D eigenvalue weighted by Crippen LogP contribution is 2.18. The quantitative estimate of drug-likeness (QED) is 0.375. The normalized spacial score (nSPS) is 17.1. The van der Waals surface area contributed by atoms with Crippen molar-refractivity contribution in [1.29, 1.82) is 5.26 Å². The predicted molar refractivity (Wildman–Crippen MR) is 121 cm³/mol. The standard InChI is InChI=1S/C25H37N3O2/c1-30-24-16-12-11-13-21(24)17-18-27-20-22(19-26)25(29)28-23-14-9-7-5-3-2-4-6-8-10-15-23/h11-13,16,20,23,27H,2-10,14-15,17-18H2,1H3,(H,28,29)/b22-20-. The number of carbonyl (C=O) groups is 1. The first-order valence-corrected chi connectivity index (χ1v) is 11.5. The van der Waals surface area contributed by atoms with E-state index < -0.39 is 0 Å². The summed E-state index contributed by atoms with van der Waals surface area (Å²) in [7, 11) is 1.66. The molecule has 0 unspecified atom stereocenters. The van der Waals surface area contributed by atoms with Gasteiger partial charge in [-0.2, -0.15) is 5.26 Å². The number of methoxy groups -OCH3 is 1. The third kappa shape index (κ3) is 8.90. The van der Waals surface area contributed by atoms with Crippen molar-refractivity contribution < 1.29 is 9.53 Å². The van der Waals surface area contributed by atoms with E-state index in [4.69, 9.17) is 4.74 Å². The van der Waals surface area contributed by atoms with E-state index in [0.717, 1.165) is 43.4 Å². The molecule has 1 aromatic carbocycles. The second-order valence-corrected chi connectivity index (χ2v) is 8.12. The van der Waals surface area contributed by atoms with Crippen molar-refractivity contribution in [3.63, 3.8) is 0 Å². The SMILES string of the molecule is COc1ccccc1CCN/C=C(/C#N)C(=O)NC1CCCCCCCCCCC1. The number of nitrogens with one attached hydrogen (secondary N) is 2. The lowest BCUT2D eigenvalue weighted by Gasteiger charge is -2.19. The summed E-state index contributed by atoms with van der Waals surface area (Å²) in [5.74, 6) is 0.586. The van der Waals surface area contributed by atoms with Gasteiger partial charge in [0.25, 0.3) is 5.91 Å². The summed E-state index contributed by atoms with van der Waals surface area (Å²) in [5.41, 5.74) is 1.23. The van der Waals surface area contributed by atoms with E-state index in [1.54, 1.807) is 13.3 Å². The molecule has 30 heavy (non-hydrogen) atoms. The van der Waals surface area contributed by atoms with Crippen molar-refractivity contribution >= 4 is 5.91 Å². The van der Waals surface area contributed by atoms with Crippen LogP contribution < -0.4 is 15.4 Å². The molecule has 0 atom stereocenters. The van der Waals surface area contributed by atoms with Crippen LogP contribution in [0.15, 0.2) is 36.0 Å². The number of carbonyl (C=O) groups excluding carboxylic acids is 1. The number of ether oxygens (including phenoxy) is 1. The van der Waals surface area contributed by atoms with Gasteiger partial charge in [-0.15, -0.1) is 0 Å². The lowest BCUT2D eigenvalue weighted by molar-refractivity contribution is -0.117. The van der Waals surface area contributed by atoms with E-state index in [1.165, 1.54) is 44.9 Å². The number of para-hydroxylation sites is 1. The molecule has 0 aliphatic heterocycles. The summed E-state index contributed by atoms with van der Waals surface area (Å²) in [6.07, 6.45) is 15.7. The molecule has 5 nitrogen and oxygen atoms in total. The maximum atomic E-state index is 12.6. The van der Waals surface area contributed by atoms with Gasteiger partial charge in [-0.3, -0.25) is 4.79 Å². The van der Waals surface area contributed by atoms with Gasteiger partial charge in [-0.1, -0.05) is 76.0 Å². The number of nitriles is 1. The summed E-state index contributed by atoms with van der Waals surface area (Å²) in [5, 5.41) is 15.7. The lowest BCUT2D eigenvalue weighted by Crippen LogP contribution is -2.36. The van der Waals surface area contributed by atoms with Gasteiger partial charge in [0.15, 0.2) is 0 Å². The Morgan fingerprint density at radius 3 is 2.27 bits per heavy atom. The van der Waals surface area contributed by atoms with Crippen LogP contribution in [0.3, 0.4) is 0 Å². The topological polar surface area (TPSA) is 74.1 Å². The van der Waals surface area contributed by atoms with Crippen LogP contribution in [0.25, 0.3) is 0 Å². The molecule has 0 bridgehead atoms. The summed E-state index contributed by atoms with van der Waals surface area (Å²) >= 11 is 0. The first kappa shape index (κ1) is 23.8. The second kappa shape index (κ2) is 14.5. The number of amides is 1. The molecule has 0 saturated heterocycles. The zero-order valence-electron chi connectivity index (χ0n) is 18.4. The molecule has 1 saturated carbocycles. The van der Waals surface area contributed by atoms with Gasteiger partial charge in [-0.25, -0.2) is 0 Å². The molecule has 1 amide bonds. The number of hydrogen-bond donors (Lipinski definition) is 2. The molecule has 164 valence electrons. The van der Waals surface area contributed by atoms with Gasteiger partial charge in [-0.05, 0) is 30.9 Å². The average Bonchev–Trinajstić information content (AvgIpc) is 2.75. The minimum Gasteiger partial charge on any atom is -0.496 e. The van der Waals surface area contributed by atoms with Gasteiger partial charge >= 0.3 is 0 Å². The van der Waals surface area contributed by atoms with Gasteiger partial charge in [0.1, 0.15) is 17.4 Å². The molecule has 0 radical (unpaired) electrons. The van der Waals surface area contributed by atoms with Crippen LogP contribution in [0.4, 0.5) is 0 Å². The van der Waals surface area contributed by atoms with Crippen LogP contribution in [-0.2, 0) is 11.2 Å². The Balaban J connectivity index is 1.83. The highest BCUT2D eigenvalue weighted by molar-refractivity contribution is 5.97. The fraction of sp³-hybridized carbons (Fsp3) is 0.600. The number of hydrogen-bond acceptors (Lipinski definition) is 4. The lowest BCUT2D eigenvalue weighted by atomic mass is 9.98. The molecule has 1 aliphatic carbocycles. The largest absolute Gasteiger partial charge is 0.496 e. The Morgan fingerprint density at radius 2 is 1.67 bits per heavy atom. The van der Waals surface area contributed by atoms with Gasteiger partial charge < -0.3 is 15.4 Å². The monoisotopic (exact) mass is 411 g/mol. The summed E-state index contributed by atoms with van der Waals surface area (Å²) in [6, 6.07) is 10.1. The number of nitrogens with zero attached hydrogens (tertiary/aromatic N) is 1. The minimum absolute atomic E-state index is 0.140. The molecular weight excluding hydrogens is 374 g/mol. The minimum atomic E-state index is -0.264. The van der Waals surface area contributed by atoms with Crippen molar-refractivity contribution in [2.75, 3.05) is 13.7 Å². The summed E-state index contributed by atoms with van der Waals surface area (Å²) < 4.78 is 5.36. The molecule has 0 spiro atoms. The molecular formula is C25H37N3O2. The van der Waals surface area contributed by atoms with E-state index in [0.29, 0.717) is 6.54 Å². The van der Waals surface area contributed by atoms with E-state index in [1.807, 2.05) is 30.3 Å². The van der Waals surface area contributed by atoms with Crippen molar-refractivity contribution in [1.82, 2.24) is 10.6 Å². The van der Waals surface area contributed by atoms with Crippen molar-refractivity contribution in [3.8, 4) is 11.8 Å². The van der Waals surface area contributed by atoms with Crippen LogP contribution in [0.5, 0.6) is 5.75 Å². The van der Waals surface area contributed by atoms with Crippen LogP contribution in [-0.4, -0.2) is 25.6 Å². The fourth-order valence-electron chi connectivity index (χ4n) is 4.01. The molecule has 2 N–H and O–H groups in total. The molecule has 2 rings (SSSR count). The van der Waals surface area contributed by atoms with Gasteiger partial charge in [0.2, 0.25) is 0 Å². The Kier molecular flexibility index (Phi) is 11.5. The Hall–Kier alpha value is -2.48. The maximum absolute atomic E-state index is 12.6. The Morgan fingerprint density at radius 1 is 1.07 bits per heavy atom. The third-order valence-corrected chi connectivity index (χ3v) is 5.78. The van der Waals surface area contributed by atoms with Crippen LogP contribution in [0.1, 0.15) is 76.2 Å². The van der Waals surface area contributed by atoms with Crippen molar-refractivity contribution in [3.05, 3.63) is 41.6 Å². The average molecular weight is 412 g/mol. The molecule has 0 heterocycles. The first-order valence-electron chi connectivity index (χ1n) is 11.5.